The molecule has 0 saturated heterocycles. The molecule has 0 amide bonds. The first-order chi connectivity index (χ1) is 9.81. The van der Waals surface area contributed by atoms with E-state index in [9.17, 15) is 0 Å². The summed E-state index contributed by atoms with van der Waals surface area (Å²) in [4.78, 5) is 8.92. The highest BCUT2D eigenvalue weighted by Crippen LogP contribution is 2.28. The summed E-state index contributed by atoms with van der Waals surface area (Å²) in [7, 11) is 0. The average Bonchev–Trinajstić information content (AvgIpc) is 2.95. The van der Waals surface area contributed by atoms with Gasteiger partial charge in [0.1, 0.15) is 23.0 Å². The molecule has 0 saturated carbocycles. The molecular weight excluding hydrogens is 294 g/mol. The minimum Gasteiger partial charge on any atom is -0.374 e. The molecule has 0 atom stereocenters. The maximum Gasteiger partial charge on any atom is 0.180 e. The van der Waals surface area contributed by atoms with Crippen LogP contribution in [0.25, 0.3) is 0 Å². The van der Waals surface area contributed by atoms with Gasteiger partial charge < -0.3 is 10.1 Å². The Balaban J connectivity index is 2.15. The number of nitrogens with one attached hydrogen (secondary N) is 1. The maximum absolute atomic E-state index is 5.38. The molecule has 0 radical (unpaired) electrons. The Morgan fingerprint density at radius 2 is 2.25 bits per heavy atom. The van der Waals surface area contributed by atoms with Crippen molar-refractivity contribution in [1.82, 2.24) is 20.2 Å². The van der Waals surface area contributed by atoms with Crippen molar-refractivity contribution in [1.29, 1.82) is 0 Å². The van der Waals surface area contributed by atoms with Crippen LogP contribution in [0.5, 0.6) is 0 Å². The van der Waals surface area contributed by atoms with E-state index in [2.05, 4.69) is 32.4 Å². The van der Waals surface area contributed by atoms with Crippen LogP contribution in [0, 0.1) is 0 Å². The molecular formula is C12H17N5OS2. The third-order valence-corrected chi connectivity index (χ3v) is 3.97. The summed E-state index contributed by atoms with van der Waals surface area (Å²) in [6.07, 6.45) is 1.05. The molecule has 2 rings (SSSR count). The van der Waals surface area contributed by atoms with Crippen molar-refractivity contribution < 1.29 is 4.74 Å². The molecule has 2 aromatic rings. The Hall–Kier alpha value is -1.25. The lowest BCUT2D eigenvalue weighted by Gasteiger charge is -2.08. The Bertz CT molecular complexity index is 494. The van der Waals surface area contributed by atoms with Crippen LogP contribution in [-0.4, -0.2) is 33.3 Å². The van der Waals surface area contributed by atoms with E-state index in [1.807, 2.05) is 13.0 Å². The van der Waals surface area contributed by atoms with E-state index in [0.29, 0.717) is 19.0 Å². The molecule has 1 N–H and O–H groups in total. The second-order valence-corrected chi connectivity index (χ2v) is 5.98. The first-order valence-corrected chi connectivity index (χ1v) is 8.15. The second-order valence-electron chi connectivity index (χ2n) is 3.88. The molecule has 0 aliphatic rings. The fraction of sp³-hybridized carbons (Fsp3) is 0.500. The number of nitrogens with zero attached hydrogens (tertiary/aromatic N) is 4. The topological polar surface area (TPSA) is 72.8 Å². The molecule has 6 nitrogen and oxygen atoms in total. The van der Waals surface area contributed by atoms with Gasteiger partial charge in [-0.1, -0.05) is 18.3 Å². The van der Waals surface area contributed by atoms with Crippen LogP contribution in [0.3, 0.4) is 0 Å². The lowest BCUT2D eigenvalue weighted by Crippen LogP contribution is -2.07. The summed E-state index contributed by atoms with van der Waals surface area (Å²) in [5, 5.41) is 12.0. The summed E-state index contributed by atoms with van der Waals surface area (Å²) < 4.78 is 6.25. The monoisotopic (exact) mass is 311 g/mol. The first kappa shape index (κ1) is 15.1. The predicted octanol–water partition coefficient (Wildman–Crippen LogP) is 2.84. The van der Waals surface area contributed by atoms with Crippen molar-refractivity contribution in [3.8, 4) is 0 Å². The minimum absolute atomic E-state index is 0.418. The normalized spacial score (nSPS) is 10.7. The molecule has 0 fully saturated rings. The number of aromatic nitrogens is 4. The molecule has 2 heterocycles. The highest BCUT2D eigenvalue weighted by atomic mass is 32.2. The van der Waals surface area contributed by atoms with Crippen molar-refractivity contribution in [3.63, 3.8) is 0 Å². The molecule has 0 spiro atoms. The number of ether oxygens (including phenoxy) is 1. The molecule has 0 bridgehead atoms. The van der Waals surface area contributed by atoms with Gasteiger partial charge in [-0.2, -0.15) is 0 Å². The quantitative estimate of drug-likeness (QED) is 0.751. The van der Waals surface area contributed by atoms with Gasteiger partial charge in [-0.15, -0.1) is 10.2 Å². The number of hydrogen-bond acceptors (Lipinski definition) is 8. The van der Waals surface area contributed by atoms with Crippen LogP contribution in [-0.2, 0) is 11.3 Å². The molecule has 8 heteroatoms. The Morgan fingerprint density at radius 1 is 1.35 bits per heavy atom. The fourth-order valence-corrected chi connectivity index (χ4v) is 2.87. The Morgan fingerprint density at radius 3 is 2.95 bits per heavy atom. The molecule has 0 unspecified atom stereocenters. The standard InChI is InChI=1S/C12H17N5OS2/c1-3-5-13-9-6-11(20-12-17-14-8-19-12)16-10(15-9)7-18-4-2/h6,8H,3-5,7H2,1-2H3,(H,13,15,16). The minimum atomic E-state index is 0.418. The molecule has 0 aromatic carbocycles. The van der Waals surface area contributed by atoms with Gasteiger partial charge >= 0.3 is 0 Å². The van der Waals surface area contributed by atoms with Gasteiger partial charge in [0.05, 0.1) is 0 Å². The van der Waals surface area contributed by atoms with Gasteiger partial charge in [-0.3, -0.25) is 0 Å². The van der Waals surface area contributed by atoms with Crippen molar-refractivity contribution in [2.75, 3.05) is 18.5 Å². The largest absolute Gasteiger partial charge is 0.374 e. The third kappa shape index (κ3) is 4.69. The van der Waals surface area contributed by atoms with Crippen LogP contribution >= 0.6 is 23.1 Å². The summed E-state index contributed by atoms with van der Waals surface area (Å²) in [6.45, 7) is 6.02. The zero-order valence-electron chi connectivity index (χ0n) is 11.5. The average molecular weight is 311 g/mol. The van der Waals surface area contributed by atoms with Gasteiger partial charge in [-0.25, -0.2) is 9.97 Å². The van der Waals surface area contributed by atoms with Gasteiger partial charge in [-0.05, 0) is 25.1 Å². The van der Waals surface area contributed by atoms with Crippen molar-refractivity contribution in [3.05, 3.63) is 17.4 Å². The lowest BCUT2D eigenvalue weighted by molar-refractivity contribution is 0.128. The maximum atomic E-state index is 5.38. The second kappa shape index (κ2) is 8.13. The SMILES string of the molecule is CCCNc1cc(Sc2nncs2)nc(COCC)n1. The van der Waals surface area contributed by atoms with E-state index in [1.54, 1.807) is 5.51 Å². The van der Waals surface area contributed by atoms with Gasteiger partial charge in [0.2, 0.25) is 0 Å². The van der Waals surface area contributed by atoms with Crippen LogP contribution in [0.2, 0.25) is 0 Å². The first-order valence-electron chi connectivity index (χ1n) is 6.45. The van der Waals surface area contributed by atoms with Crippen LogP contribution in [0.4, 0.5) is 5.82 Å². The highest BCUT2D eigenvalue weighted by Gasteiger charge is 2.08. The molecule has 108 valence electrons. The summed E-state index contributed by atoms with van der Waals surface area (Å²) >= 11 is 2.98. The van der Waals surface area contributed by atoms with Crippen molar-refractivity contribution in [2.45, 2.75) is 36.2 Å². The lowest BCUT2D eigenvalue weighted by atomic mass is 10.4. The van der Waals surface area contributed by atoms with E-state index in [4.69, 9.17) is 4.74 Å². The van der Waals surface area contributed by atoms with Crippen LogP contribution in [0.15, 0.2) is 20.9 Å². The number of hydrogen-bond donors (Lipinski definition) is 1. The van der Waals surface area contributed by atoms with Crippen LogP contribution in [0.1, 0.15) is 26.1 Å². The molecule has 2 aromatic heterocycles. The van der Waals surface area contributed by atoms with Gasteiger partial charge in [0, 0.05) is 19.2 Å². The number of anilines is 1. The zero-order chi connectivity index (χ0) is 14.2. The van der Waals surface area contributed by atoms with E-state index in [-0.39, 0.29) is 0 Å². The van der Waals surface area contributed by atoms with E-state index < -0.39 is 0 Å². The Labute approximate surface area is 126 Å². The fourth-order valence-electron chi connectivity index (χ4n) is 1.42. The highest BCUT2D eigenvalue weighted by molar-refractivity contribution is 8.00. The van der Waals surface area contributed by atoms with E-state index in [0.717, 1.165) is 28.1 Å². The molecule has 0 aliphatic carbocycles. The third-order valence-electron chi connectivity index (χ3n) is 2.27. The van der Waals surface area contributed by atoms with Gasteiger partial charge in [0.25, 0.3) is 0 Å². The van der Waals surface area contributed by atoms with Gasteiger partial charge in [0.15, 0.2) is 10.2 Å². The van der Waals surface area contributed by atoms with Crippen LogP contribution < -0.4 is 5.32 Å². The number of rotatable bonds is 8. The summed E-state index contributed by atoms with van der Waals surface area (Å²) in [6, 6.07) is 1.93. The van der Waals surface area contributed by atoms with E-state index >= 15 is 0 Å². The van der Waals surface area contributed by atoms with E-state index in [1.165, 1.54) is 23.1 Å². The van der Waals surface area contributed by atoms with Crippen molar-refractivity contribution in [2.24, 2.45) is 0 Å². The zero-order valence-corrected chi connectivity index (χ0v) is 13.1. The smallest absolute Gasteiger partial charge is 0.180 e. The summed E-state index contributed by atoms with van der Waals surface area (Å²) in [5.74, 6) is 1.50. The predicted molar refractivity (Wildman–Crippen MR) is 80.2 cm³/mol. The molecule has 20 heavy (non-hydrogen) atoms. The van der Waals surface area contributed by atoms with Crippen molar-refractivity contribution >= 4 is 28.9 Å². The summed E-state index contributed by atoms with van der Waals surface area (Å²) in [5.41, 5.74) is 1.71. The molecule has 0 aliphatic heterocycles. The Kier molecular flexibility index (Phi) is 6.16.